The van der Waals surface area contributed by atoms with Crippen molar-refractivity contribution >= 4 is 23.0 Å². The Bertz CT molecular complexity index is 751. The molecule has 0 aliphatic carbocycles. The van der Waals surface area contributed by atoms with Gasteiger partial charge in [0.15, 0.2) is 0 Å². The highest BCUT2D eigenvalue weighted by Crippen LogP contribution is 2.19. The minimum Gasteiger partial charge on any atom is -0.376 e. The van der Waals surface area contributed by atoms with Crippen LogP contribution in [-0.4, -0.2) is 56.6 Å². The molecule has 0 bridgehead atoms. The molecule has 0 unspecified atom stereocenters. The molecular weight excluding hydrogens is 355 g/mol. The van der Waals surface area contributed by atoms with Crippen molar-refractivity contribution in [1.29, 1.82) is 0 Å². The number of hydrogen-bond donors (Lipinski definition) is 1. The third-order valence-corrected chi connectivity index (χ3v) is 5.26. The zero-order valence-corrected chi connectivity index (χ0v) is 16.7. The Morgan fingerprint density at radius 1 is 0.964 bits per heavy atom. The Hall–Kier alpha value is -2.76. The number of piperazine rings is 1. The van der Waals surface area contributed by atoms with Crippen LogP contribution >= 0.6 is 0 Å². The molecule has 1 amide bonds. The first-order valence-electron chi connectivity index (χ1n) is 9.98. The van der Waals surface area contributed by atoms with Gasteiger partial charge in [0.05, 0.1) is 6.54 Å². The molecule has 2 aromatic carbocycles. The smallest absolute Gasteiger partial charge is 0.241 e. The van der Waals surface area contributed by atoms with Crippen molar-refractivity contribution in [1.82, 2.24) is 4.90 Å². The molecule has 0 radical (unpaired) electrons. The maximum absolute atomic E-state index is 13.1. The highest BCUT2D eigenvalue weighted by atomic mass is 19.1. The summed E-state index contributed by atoms with van der Waals surface area (Å²) in [6, 6.07) is 14.7. The second-order valence-electron chi connectivity index (χ2n) is 6.92. The molecule has 1 fully saturated rings. The lowest BCUT2D eigenvalue weighted by molar-refractivity contribution is -0.129. The maximum Gasteiger partial charge on any atom is 0.241 e. The van der Waals surface area contributed by atoms with Crippen LogP contribution in [0, 0.1) is 5.82 Å². The van der Waals surface area contributed by atoms with Crippen LogP contribution in [0.15, 0.2) is 48.5 Å². The molecule has 3 rings (SSSR count). The molecule has 0 spiro atoms. The van der Waals surface area contributed by atoms with E-state index < -0.39 is 0 Å². The van der Waals surface area contributed by atoms with Crippen LogP contribution in [0.4, 0.5) is 21.5 Å². The van der Waals surface area contributed by atoms with Crippen LogP contribution in [-0.2, 0) is 4.79 Å². The van der Waals surface area contributed by atoms with Crippen molar-refractivity contribution in [2.75, 3.05) is 60.9 Å². The number of benzene rings is 2. The number of halogens is 1. The van der Waals surface area contributed by atoms with E-state index in [0.29, 0.717) is 19.6 Å². The number of nitrogens with zero attached hydrogens (tertiary/aromatic N) is 3. The van der Waals surface area contributed by atoms with Gasteiger partial charge < -0.3 is 20.0 Å². The molecular formula is C22H29FN4O. The lowest BCUT2D eigenvalue weighted by Gasteiger charge is -2.36. The molecule has 0 aromatic heterocycles. The molecule has 6 heteroatoms. The normalized spacial score (nSPS) is 14.1. The second kappa shape index (κ2) is 9.44. The van der Waals surface area contributed by atoms with Crippen molar-refractivity contribution < 1.29 is 9.18 Å². The lowest BCUT2D eigenvalue weighted by atomic mass is 10.2. The number of hydrogen-bond acceptors (Lipinski definition) is 4. The summed E-state index contributed by atoms with van der Waals surface area (Å²) in [5, 5.41) is 3.23. The summed E-state index contributed by atoms with van der Waals surface area (Å²) in [7, 11) is 0. The molecule has 5 nitrogen and oxygen atoms in total. The highest BCUT2D eigenvalue weighted by Gasteiger charge is 2.21. The Kier molecular flexibility index (Phi) is 6.74. The fourth-order valence-electron chi connectivity index (χ4n) is 3.53. The van der Waals surface area contributed by atoms with E-state index in [1.54, 1.807) is 12.1 Å². The van der Waals surface area contributed by atoms with E-state index in [2.05, 4.69) is 41.1 Å². The Labute approximate surface area is 166 Å². The molecule has 1 aliphatic heterocycles. The minimum absolute atomic E-state index is 0.103. The number of rotatable bonds is 7. The monoisotopic (exact) mass is 384 g/mol. The molecule has 0 atom stereocenters. The molecule has 0 saturated carbocycles. The van der Waals surface area contributed by atoms with Crippen LogP contribution in [0.25, 0.3) is 0 Å². The fourth-order valence-corrected chi connectivity index (χ4v) is 3.53. The largest absolute Gasteiger partial charge is 0.376 e. The van der Waals surface area contributed by atoms with E-state index in [4.69, 9.17) is 0 Å². The molecule has 150 valence electrons. The highest BCUT2D eigenvalue weighted by molar-refractivity contribution is 5.81. The van der Waals surface area contributed by atoms with Crippen LogP contribution < -0.4 is 15.1 Å². The average Bonchev–Trinajstić information content (AvgIpc) is 2.74. The average molecular weight is 384 g/mol. The number of carbonyl (C=O) groups is 1. The summed E-state index contributed by atoms with van der Waals surface area (Å²) in [4.78, 5) is 18.9. The van der Waals surface area contributed by atoms with Gasteiger partial charge in [-0.25, -0.2) is 4.39 Å². The van der Waals surface area contributed by atoms with Gasteiger partial charge in [0.2, 0.25) is 5.91 Å². The van der Waals surface area contributed by atoms with Crippen LogP contribution in [0.3, 0.4) is 0 Å². The summed E-state index contributed by atoms with van der Waals surface area (Å²) in [5.74, 6) is -0.125. The van der Waals surface area contributed by atoms with Crippen molar-refractivity contribution in [2.24, 2.45) is 0 Å². The van der Waals surface area contributed by atoms with E-state index >= 15 is 0 Å². The first kappa shape index (κ1) is 20.0. The first-order chi connectivity index (χ1) is 13.6. The van der Waals surface area contributed by atoms with Gasteiger partial charge in [-0.05, 0) is 62.4 Å². The van der Waals surface area contributed by atoms with Gasteiger partial charge >= 0.3 is 0 Å². The van der Waals surface area contributed by atoms with Gasteiger partial charge in [-0.15, -0.1) is 0 Å². The number of anilines is 3. The third kappa shape index (κ3) is 4.94. The van der Waals surface area contributed by atoms with Gasteiger partial charge in [0.1, 0.15) is 5.82 Å². The standard InChI is InChI=1S/C22H29FN4O/c1-3-25(4-2)20-11-7-19(8-12-20)24-17-22(28)27-15-13-26(14-16-27)21-9-5-18(23)6-10-21/h5-12,24H,3-4,13-17H2,1-2H3. The van der Waals surface area contributed by atoms with E-state index in [-0.39, 0.29) is 11.7 Å². The Balaban J connectivity index is 1.46. The summed E-state index contributed by atoms with van der Waals surface area (Å²) in [5.41, 5.74) is 3.15. The molecule has 2 aromatic rings. The summed E-state index contributed by atoms with van der Waals surface area (Å²) in [6.45, 7) is 9.41. The third-order valence-electron chi connectivity index (χ3n) is 5.26. The van der Waals surface area contributed by atoms with Crippen molar-refractivity contribution in [3.8, 4) is 0 Å². The van der Waals surface area contributed by atoms with Crippen molar-refractivity contribution in [3.63, 3.8) is 0 Å². The maximum atomic E-state index is 13.1. The zero-order valence-electron chi connectivity index (χ0n) is 16.7. The van der Waals surface area contributed by atoms with Crippen molar-refractivity contribution in [2.45, 2.75) is 13.8 Å². The van der Waals surface area contributed by atoms with Crippen LogP contribution in [0.2, 0.25) is 0 Å². The molecule has 28 heavy (non-hydrogen) atoms. The Morgan fingerprint density at radius 3 is 2.14 bits per heavy atom. The van der Waals surface area contributed by atoms with Gasteiger partial charge in [-0.3, -0.25) is 4.79 Å². The summed E-state index contributed by atoms with van der Waals surface area (Å²) in [6.07, 6.45) is 0. The first-order valence-corrected chi connectivity index (χ1v) is 9.98. The van der Waals surface area contributed by atoms with Crippen LogP contribution in [0.1, 0.15) is 13.8 Å². The fraction of sp³-hybridized carbons (Fsp3) is 0.409. The van der Waals surface area contributed by atoms with E-state index in [0.717, 1.165) is 37.6 Å². The minimum atomic E-state index is -0.228. The second-order valence-corrected chi connectivity index (χ2v) is 6.92. The quantitative estimate of drug-likeness (QED) is 0.794. The topological polar surface area (TPSA) is 38.8 Å². The van der Waals surface area contributed by atoms with Gasteiger partial charge in [-0.2, -0.15) is 0 Å². The number of amides is 1. The molecule has 1 heterocycles. The van der Waals surface area contributed by atoms with Gasteiger partial charge in [0.25, 0.3) is 0 Å². The summed E-state index contributed by atoms with van der Waals surface area (Å²) < 4.78 is 13.1. The Morgan fingerprint density at radius 2 is 1.57 bits per heavy atom. The number of carbonyl (C=O) groups excluding carboxylic acids is 1. The molecule has 1 N–H and O–H groups in total. The van der Waals surface area contributed by atoms with E-state index in [1.165, 1.54) is 17.8 Å². The van der Waals surface area contributed by atoms with E-state index in [9.17, 15) is 9.18 Å². The van der Waals surface area contributed by atoms with Crippen molar-refractivity contribution in [3.05, 3.63) is 54.3 Å². The number of nitrogens with one attached hydrogen (secondary N) is 1. The zero-order chi connectivity index (χ0) is 19.9. The van der Waals surface area contributed by atoms with E-state index in [1.807, 2.05) is 17.0 Å². The lowest BCUT2D eigenvalue weighted by Crippen LogP contribution is -2.50. The molecule has 1 aliphatic rings. The van der Waals surface area contributed by atoms with Crippen LogP contribution in [0.5, 0.6) is 0 Å². The molecule has 1 saturated heterocycles. The van der Waals surface area contributed by atoms with Gasteiger partial charge in [-0.1, -0.05) is 0 Å². The predicted molar refractivity (Wildman–Crippen MR) is 114 cm³/mol. The summed E-state index contributed by atoms with van der Waals surface area (Å²) >= 11 is 0. The van der Waals surface area contributed by atoms with Gasteiger partial charge in [0, 0.05) is 56.3 Å². The predicted octanol–water partition coefficient (Wildman–Crippen LogP) is 3.43. The SMILES string of the molecule is CCN(CC)c1ccc(NCC(=O)N2CCN(c3ccc(F)cc3)CC2)cc1.